The van der Waals surface area contributed by atoms with Crippen molar-refractivity contribution in [1.82, 2.24) is 30.2 Å². The lowest BCUT2D eigenvalue weighted by Crippen LogP contribution is -2.28. The van der Waals surface area contributed by atoms with Gasteiger partial charge < -0.3 is 10.3 Å². The molecule has 0 aliphatic heterocycles. The SMILES string of the molecule is CCNC(=O)Nc1nc2cc(-c3cncnc3)cc(-c3ccccn3)c2[nH]1. The molecule has 4 rings (SSSR count). The number of imidazole rings is 1. The van der Waals surface area contributed by atoms with Gasteiger partial charge in [0.15, 0.2) is 0 Å². The monoisotopic (exact) mass is 359 g/mol. The Morgan fingerprint density at radius 1 is 1.15 bits per heavy atom. The summed E-state index contributed by atoms with van der Waals surface area (Å²) >= 11 is 0. The van der Waals surface area contributed by atoms with Crippen LogP contribution in [0.1, 0.15) is 6.92 Å². The quantitative estimate of drug-likeness (QED) is 0.518. The number of aromatic amines is 1. The van der Waals surface area contributed by atoms with Gasteiger partial charge in [-0.1, -0.05) is 6.07 Å². The molecule has 0 bridgehead atoms. The van der Waals surface area contributed by atoms with Crippen LogP contribution in [0.2, 0.25) is 0 Å². The van der Waals surface area contributed by atoms with E-state index in [-0.39, 0.29) is 6.03 Å². The second-order valence-electron chi connectivity index (χ2n) is 5.83. The van der Waals surface area contributed by atoms with Gasteiger partial charge in [0.1, 0.15) is 6.33 Å². The molecule has 0 aliphatic carbocycles. The first-order valence-corrected chi connectivity index (χ1v) is 8.50. The van der Waals surface area contributed by atoms with Crippen molar-refractivity contribution in [2.24, 2.45) is 0 Å². The number of carbonyl (C=O) groups excluding carboxylic acids is 1. The number of anilines is 1. The molecule has 2 amide bonds. The lowest BCUT2D eigenvalue weighted by atomic mass is 10.0. The normalized spacial score (nSPS) is 10.7. The van der Waals surface area contributed by atoms with Gasteiger partial charge in [0.25, 0.3) is 0 Å². The zero-order chi connectivity index (χ0) is 18.6. The number of nitrogens with one attached hydrogen (secondary N) is 3. The first kappa shape index (κ1) is 16.6. The van der Waals surface area contributed by atoms with Gasteiger partial charge in [-0.05, 0) is 36.8 Å². The molecule has 0 fully saturated rings. The number of carbonyl (C=O) groups is 1. The Bertz CT molecular complexity index is 1080. The van der Waals surface area contributed by atoms with Crippen molar-refractivity contribution in [1.29, 1.82) is 0 Å². The van der Waals surface area contributed by atoms with Crippen LogP contribution in [-0.4, -0.2) is 37.5 Å². The number of pyridine rings is 1. The minimum atomic E-state index is -0.312. The molecule has 0 saturated carbocycles. The molecule has 8 nitrogen and oxygen atoms in total. The van der Waals surface area contributed by atoms with E-state index in [1.54, 1.807) is 18.6 Å². The molecule has 0 spiro atoms. The molecule has 134 valence electrons. The third-order valence-corrected chi connectivity index (χ3v) is 4.00. The van der Waals surface area contributed by atoms with Gasteiger partial charge in [-0.25, -0.2) is 19.7 Å². The summed E-state index contributed by atoms with van der Waals surface area (Å²) in [6.45, 7) is 2.38. The molecular formula is C19H17N7O. The highest BCUT2D eigenvalue weighted by Crippen LogP contribution is 2.32. The number of amides is 2. The van der Waals surface area contributed by atoms with Gasteiger partial charge in [0, 0.05) is 36.3 Å². The standard InChI is InChI=1S/C19H17N7O/c1-2-22-19(27)26-18-24-16-8-12(13-9-20-11-21-10-13)7-14(17(16)25-18)15-5-3-4-6-23-15/h3-11H,2H2,1H3,(H3,22,24,25,26,27). The molecule has 0 radical (unpaired) electrons. The van der Waals surface area contributed by atoms with Crippen molar-refractivity contribution in [3.8, 4) is 22.4 Å². The van der Waals surface area contributed by atoms with Crippen molar-refractivity contribution in [2.75, 3.05) is 11.9 Å². The highest BCUT2D eigenvalue weighted by atomic mass is 16.2. The lowest BCUT2D eigenvalue weighted by molar-refractivity contribution is 0.252. The van der Waals surface area contributed by atoms with Crippen molar-refractivity contribution in [3.63, 3.8) is 0 Å². The van der Waals surface area contributed by atoms with Crippen LogP contribution in [-0.2, 0) is 0 Å². The number of urea groups is 1. The lowest BCUT2D eigenvalue weighted by Gasteiger charge is -2.06. The summed E-state index contributed by atoms with van der Waals surface area (Å²) in [6.07, 6.45) is 6.72. The third kappa shape index (κ3) is 3.45. The Hall–Kier alpha value is -3.81. The second-order valence-corrected chi connectivity index (χ2v) is 5.83. The molecule has 1 aromatic carbocycles. The van der Waals surface area contributed by atoms with E-state index in [9.17, 15) is 4.79 Å². The van der Waals surface area contributed by atoms with Gasteiger partial charge in [-0.3, -0.25) is 10.3 Å². The van der Waals surface area contributed by atoms with E-state index in [0.717, 1.165) is 27.9 Å². The first-order chi connectivity index (χ1) is 13.2. The number of H-pyrrole nitrogens is 1. The summed E-state index contributed by atoms with van der Waals surface area (Å²) in [5.74, 6) is 0.370. The summed E-state index contributed by atoms with van der Waals surface area (Å²) in [5.41, 5.74) is 4.97. The van der Waals surface area contributed by atoms with Crippen molar-refractivity contribution >= 4 is 23.0 Å². The Labute approximate surface area is 155 Å². The van der Waals surface area contributed by atoms with E-state index in [1.165, 1.54) is 6.33 Å². The maximum Gasteiger partial charge on any atom is 0.321 e. The largest absolute Gasteiger partial charge is 0.338 e. The van der Waals surface area contributed by atoms with Crippen LogP contribution in [0.25, 0.3) is 33.4 Å². The highest BCUT2D eigenvalue weighted by Gasteiger charge is 2.14. The molecule has 0 saturated heterocycles. The van der Waals surface area contributed by atoms with E-state index < -0.39 is 0 Å². The number of fused-ring (bicyclic) bond motifs is 1. The van der Waals surface area contributed by atoms with Crippen LogP contribution in [0.5, 0.6) is 0 Å². The highest BCUT2D eigenvalue weighted by molar-refractivity contribution is 5.97. The fourth-order valence-corrected chi connectivity index (χ4v) is 2.82. The van der Waals surface area contributed by atoms with Crippen molar-refractivity contribution in [2.45, 2.75) is 6.92 Å². The molecule has 0 aliphatic rings. The maximum absolute atomic E-state index is 11.8. The number of hydrogen-bond acceptors (Lipinski definition) is 5. The zero-order valence-corrected chi connectivity index (χ0v) is 14.6. The zero-order valence-electron chi connectivity index (χ0n) is 14.6. The molecular weight excluding hydrogens is 342 g/mol. The van der Waals surface area contributed by atoms with E-state index in [2.05, 4.69) is 35.6 Å². The van der Waals surface area contributed by atoms with Crippen LogP contribution >= 0.6 is 0 Å². The molecule has 8 heteroatoms. The van der Waals surface area contributed by atoms with Gasteiger partial charge in [0.05, 0.1) is 16.7 Å². The van der Waals surface area contributed by atoms with Crippen LogP contribution in [0.15, 0.2) is 55.2 Å². The molecule has 3 N–H and O–H groups in total. The number of rotatable bonds is 4. The van der Waals surface area contributed by atoms with Crippen LogP contribution in [0, 0.1) is 0 Å². The Morgan fingerprint density at radius 3 is 2.74 bits per heavy atom. The molecule has 3 heterocycles. The van der Waals surface area contributed by atoms with E-state index in [0.29, 0.717) is 18.0 Å². The molecule has 4 aromatic rings. The maximum atomic E-state index is 11.8. The molecule has 3 aromatic heterocycles. The van der Waals surface area contributed by atoms with Crippen LogP contribution in [0.4, 0.5) is 10.7 Å². The van der Waals surface area contributed by atoms with Crippen LogP contribution in [0.3, 0.4) is 0 Å². The second kappa shape index (κ2) is 7.20. The number of aromatic nitrogens is 5. The van der Waals surface area contributed by atoms with Gasteiger partial charge in [-0.15, -0.1) is 0 Å². The van der Waals surface area contributed by atoms with E-state index >= 15 is 0 Å². The summed E-state index contributed by atoms with van der Waals surface area (Å²) in [7, 11) is 0. The predicted molar refractivity (Wildman–Crippen MR) is 103 cm³/mol. The summed E-state index contributed by atoms with van der Waals surface area (Å²) in [6, 6.07) is 9.35. The predicted octanol–water partition coefficient (Wildman–Crippen LogP) is 3.22. The van der Waals surface area contributed by atoms with Crippen molar-refractivity contribution < 1.29 is 4.79 Å². The fraction of sp³-hybridized carbons (Fsp3) is 0.105. The topological polar surface area (TPSA) is 108 Å². The minimum absolute atomic E-state index is 0.312. The average Bonchev–Trinajstić information content (AvgIpc) is 3.11. The number of nitrogens with zero attached hydrogens (tertiary/aromatic N) is 4. The average molecular weight is 359 g/mol. The van der Waals surface area contributed by atoms with E-state index in [4.69, 9.17) is 0 Å². The van der Waals surface area contributed by atoms with Gasteiger partial charge in [-0.2, -0.15) is 0 Å². The van der Waals surface area contributed by atoms with Gasteiger partial charge in [0.2, 0.25) is 5.95 Å². The smallest absolute Gasteiger partial charge is 0.321 e. The minimum Gasteiger partial charge on any atom is -0.338 e. The van der Waals surface area contributed by atoms with E-state index in [1.807, 2.05) is 37.3 Å². The Kier molecular flexibility index (Phi) is 4.44. The number of hydrogen-bond donors (Lipinski definition) is 3. The molecule has 0 unspecified atom stereocenters. The van der Waals surface area contributed by atoms with Crippen molar-refractivity contribution in [3.05, 3.63) is 55.2 Å². The van der Waals surface area contributed by atoms with Gasteiger partial charge >= 0.3 is 6.03 Å². The fourth-order valence-electron chi connectivity index (χ4n) is 2.82. The molecule has 0 atom stereocenters. The molecule has 27 heavy (non-hydrogen) atoms. The Balaban J connectivity index is 1.86. The Morgan fingerprint density at radius 2 is 2.00 bits per heavy atom. The summed E-state index contributed by atoms with van der Waals surface area (Å²) in [4.78, 5) is 32.1. The summed E-state index contributed by atoms with van der Waals surface area (Å²) in [5, 5.41) is 5.39. The first-order valence-electron chi connectivity index (χ1n) is 8.50. The third-order valence-electron chi connectivity index (χ3n) is 4.00. The summed E-state index contributed by atoms with van der Waals surface area (Å²) < 4.78 is 0. The number of benzene rings is 1. The van der Waals surface area contributed by atoms with Crippen LogP contribution < -0.4 is 10.6 Å².